The third-order valence-corrected chi connectivity index (χ3v) is 2.67. The molecule has 74 valence electrons. The summed E-state index contributed by atoms with van der Waals surface area (Å²) in [4.78, 5) is 4.03. The molecular formula is C11H13BrN2. The third-order valence-electron chi connectivity index (χ3n) is 2.01. The molecule has 0 aliphatic rings. The lowest BCUT2D eigenvalue weighted by atomic mass is 10.1. The van der Waals surface area contributed by atoms with Crippen LogP contribution in [0.5, 0.6) is 0 Å². The average molecular weight is 253 g/mol. The lowest BCUT2D eigenvalue weighted by Gasteiger charge is -2.14. The number of hydrogen-bond donors (Lipinski definition) is 1. The van der Waals surface area contributed by atoms with Gasteiger partial charge < -0.3 is 5.32 Å². The van der Waals surface area contributed by atoms with Crippen LogP contribution in [0.3, 0.4) is 0 Å². The third kappa shape index (κ3) is 2.83. The van der Waals surface area contributed by atoms with Gasteiger partial charge in [0, 0.05) is 29.3 Å². The summed E-state index contributed by atoms with van der Waals surface area (Å²) in [5.41, 5.74) is 1.20. The molecule has 1 heterocycles. The van der Waals surface area contributed by atoms with Gasteiger partial charge in [0.05, 0.1) is 0 Å². The molecule has 0 radical (unpaired) electrons. The van der Waals surface area contributed by atoms with E-state index in [1.54, 1.807) is 12.4 Å². The van der Waals surface area contributed by atoms with Crippen molar-refractivity contribution < 1.29 is 0 Å². The van der Waals surface area contributed by atoms with Crippen molar-refractivity contribution in [1.82, 2.24) is 10.3 Å². The Morgan fingerprint density at radius 3 is 3.00 bits per heavy atom. The average Bonchev–Trinajstić information content (AvgIpc) is 2.21. The fourth-order valence-corrected chi connectivity index (χ4v) is 1.77. The summed E-state index contributed by atoms with van der Waals surface area (Å²) in [7, 11) is 1.94. The lowest BCUT2D eigenvalue weighted by Crippen LogP contribution is -2.16. The van der Waals surface area contributed by atoms with Crippen molar-refractivity contribution >= 4 is 15.9 Å². The quantitative estimate of drug-likeness (QED) is 0.837. The fourth-order valence-electron chi connectivity index (χ4n) is 1.24. The molecule has 0 saturated heterocycles. The number of nitrogens with one attached hydrogen (secondary N) is 1. The van der Waals surface area contributed by atoms with Gasteiger partial charge in [-0.05, 0) is 41.5 Å². The zero-order valence-electron chi connectivity index (χ0n) is 8.34. The van der Waals surface area contributed by atoms with Crippen LogP contribution in [-0.2, 0) is 0 Å². The summed E-state index contributed by atoms with van der Waals surface area (Å²) in [6, 6.07) is 2.27. The van der Waals surface area contributed by atoms with Crippen LogP contribution in [0.25, 0.3) is 0 Å². The minimum absolute atomic E-state index is 0.264. The van der Waals surface area contributed by atoms with Crippen molar-refractivity contribution in [3.63, 3.8) is 0 Å². The number of rotatable bonds is 3. The minimum atomic E-state index is 0.264. The predicted molar refractivity (Wildman–Crippen MR) is 61.8 cm³/mol. The smallest absolute Gasteiger partial charge is 0.0440 e. The van der Waals surface area contributed by atoms with E-state index in [4.69, 9.17) is 0 Å². The van der Waals surface area contributed by atoms with Crippen molar-refractivity contribution in [3.05, 3.63) is 28.5 Å². The van der Waals surface area contributed by atoms with Gasteiger partial charge in [-0.3, -0.25) is 4.98 Å². The van der Waals surface area contributed by atoms with Crippen molar-refractivity contribution in [2.45, 2.75) is 19.4 Å². The Balaban J connectivity index is 2.87. The Labute approximate surface area is 93.3 Å². The van der Waals surface area contributed by atoms with Crippen molar-refractivity contribution in [2.24, 2.45) is 0 Å². The Morgan fingerprint density at radius 1 is 1.64 bits per heavy atom. The second kappa shape index (κ2) is 5.79. The minimum Gasteiger partial charge on any atom is -0.312 e. The molecule has 3 heteroatoms. The van der Waals surface area contributed by atoms with E-state index < -0.39 is 0 Å². The van der Waals surface area contributed by atoms with Gasteiger partial charge in [-0.1, -0.05) is 0 Å². The van der Waals surface area contributed by atoms with E-state index in [0.29, 0.717) is 0 Å². The topological polar surface area (TPSA) is 24.9 Å². The van der Waals surface area contributed by atoms with E-state index in [9.17, 15) is 0 Å². The second-order valence-corrected chi connectivity index (χ2v) is 3.72. The first-order valence-electron chi connectivity index (χ1n) is 4.46. The molecule has 0 amide bonds. The number of aromatic nitrogens is 1. The van der Waals surface area contributed by atoms with Gasteiger partial charge in [-0.15, -0.1) is 11.8 Å². The molecule has 0 aliphatic carbocycles. The Morgan fingerprint density at radius 2 is 2.43 bits per heavy atom. The van der Waals surface area contributed by atoms with E-state index in [-0.39, 0.29) is 6.04 Å². The molecule has 0 spiro atoms. The maximum Gasteiger partial charge on any atom is 0.0440 e. The standard InChI is InChI=1S/C11H13BrN2/c1-3-4-5-11(13-2)9-6-7-14-8-10(9)12/h6-8,11,13H,5H2,1-2H3. The van der Waals surface area contributed by atoms with Crippen LogP contribution < -0.4 is 5.32 Å². The van der Waals surface area contributed by atoms with Crippen LogP contribution in [0.15, 0.2) is 22.9 Å². The lowest BCUT2D eigenvalue weighted by molar-refractivity contribution is 0.608. The van der Waals surface area contributed by atoms with Crippen LogP contribution >= 0.6 is 15.9 Å². The molecular weight excluding hydrogens is 240 g/mol. The molecule has 0 fully saturated rings. The second-order valence-electron chi connectivity index (χ2n) is 2.87. The van der Waals surface area contributed by atoms with Gasteiger partial charge in [0.15, 0.2) is 0 Å². The molecule has 1 rings (SSSR count). The molecule has 1 atom stereocenters. The van der Waals surface area contributed by atoms with E-state index in [2.05, 4.69) is 38.1 Å². The Kier molecular flexibility index (Phi) is 4.64. The highest BCUT2D eigenvalue weighted by atomic mass is 79.9. The molecule has 0 aromatic carbocycles. The van der Waals surface area contributed by atoms with Gasteiger partial charge in [0.2, 0.25) is 0 Å². The summed E-state index contributed by atoms with van der Waals surface area (Å²) >= 11 is 3.48. The normalized spacial score (nSPS) is 11.6. The van der Waals surface area contributed by atoms with E-state index >= 15 is 0 Å². The van der Waals surface area contributed by atoms with Crippen LogP contribution in [0.2, 0.25) is 0 Å². The largest absolute Gasteiger partial charge is 0.312 e. The monoisotopic (exact) mass is 252 g/mol. The molecule has 1 aromatic rings. The first-order chi connectivity index (χ1) is 6.79. The predicted octanol–water partition coefficient (Wildman–Crippen LogP) is 2.52. The maximum absolute atomic E-state index is 4.03. The van der Waals surface area contributed by atoms with Gasteiger partial charge >= 0.3 is 0 Å². The Hall–Kier alpha value is -0.850. The molecule has 2 nitrogen and oxygen atoms in total. The van der Waals surface area contributed by atoms with E-state index in [0.717, 1.165) is 10.9 Å². The van der Waals surface area contributed by atoms with E-state index in [1.807, 2.05) is 20.0 Å². The summed E-state index contributed by atoms with van der Waals surface area (Å²) in [5, 5.41) is 3.23. The van der Waals surface area contributed by atoms with Gasteiger partial charge in [0.25, 0.3) is 0 Å². The van der Waals surface area contributed by atoms with Gasteiger partial charge in [-0.2, -0.15) is 0 Å². The van der Waals surface area contributed by atoms with Crippen LogP contribution in [0.1, 0.15) is 24.9 Å². The molecule has 1 aromatic heterocycles. The summed E-state index contributed by atoms with van der Waals surface area (Å²) in [6.07, 6.45) is 4.42. The number of nitrogens with zero attached hydrogens (tertiary/aromatic N) is 1. The molecule has 1 unspecified atom stereocenters. The van der Waals surface area contributed by atoms with Crippen LogP contribution in [-0.4, -0.2) is 12.0 Å². The zero-order valence-corrected chi connectivity index (χ0v) is 9.93. The highest BCUT2D eigenvalue weighted by Crippen LogP contribution is 2.23. The summed E-state index contributed by atoms with van der Waals surface area (Å²) in [6.45, 7) is 1.86. The molecule has 0 saturated carbocycles. The van der Waals surface area contributed by atoms with Crippen molar-refractivity contribution in [2.75, 3.05) is 7.05 Å². The van der Waals surface area contributed by atoms with Crippen LogP contribution in [0.4, 0.5) is 0 Å². The van der Waals surface area contributed by atoms with Gasteiger partial charge in [0.1, 0.15) is 0 Å². The summed E-state index contributed by atoms with van der Waals surface area (Å²) < 4.78 is 1.03. The molecule has 14 heavy (non-hydrogen) atoms. The fraction of sp³-hybridized carbons (Fsp3) is 0.364. The highest BCUT2D eigenvalue weighted by Gasteiger charge is 2.10. The van der Waals surface area contributed by atoms with Crippen LogP contribution in [0, 0.1) is 11.8 Å². The van der Waals surface area contributed by atoms with Crippen molar-refractivity contribution in [3.8, 4) is 11.8 Å². The first-order valence-corrected chi connectivity index (χ1v) is 5.25. The first kappa shape index (κ1) is 11.2. The van der Waals surface area contributed by atoms with E-state index in [1.165, 1.54) is 5.56 Å². The van der Waals surface area contributed by atoms with Gasteiger partial charge in [-0.25, -0.2) is 0 Å². The molecule has 0 bridgehead atoms. The summed E-state index contributed by atoms with van der Waals surface area (Å²) in [5.74, 6) is 5.97. The molecule has 1 N–H and O–H groups in total. The molecule has 0 aliphatic heterocycles. The van der Waals surface area contributed by atoms with Crippen molar-refractivity contribution in [1.29, 1.82) is 0 Å². The highest BCUT2D eigenvalue weighted by molar-refractivity contribution is 9.10. The number of hydrogen-bond acceptors (Lipinski definition) is 2. The Bertz CT molecular complexity index is 352. The zero-order chi connectivity index (χ0) is 10.4. The maximum atomic E-state index is 4.03. The number of halogens is 1. The SMILES string of the molecule is CC#CCC(NC)c1ccncc1Br. The number of pyridine rings is 1.